The molecule has 26 heavy (non-hydrogen) atoms. The summed E-state index contributed by atoms with van der Waals surface area (Å²) in [5.74, 6) is 0. The minimum atomic E-state index is -0.144. The van der Waals surface area contributed by atoms with Gasteiger partial charge in [-0.15, -0.1) is 0 Å². The maximum Gasteiger partial charge on any atom is 0.322 e. The second kappa shape index (κ2) is 7.08. The van der Waals surface area contributed by atoms with E-state index in [0.29, 0.717) is 6.54 Å². The number of hydrogen-bond donors (Lipinski definition) is 2. The van der Waals surface area contributed by atoms with Gasteiger partial charge in [-0.05, 0) is 29.7 Å². The predicted octanol–water partition coefficient (Wildman–Crippen LogP) is 5.05. The third-order valence-corrected chi connectivity index (χ3v) is 4.94. The Bertz CT molecular complexity index is 957. The van der Waals surface area contributed by atoms with E-state index in [4.69, 9.17) is 0 Å². The van der Waals surface area contributed by atoms with Crippen LogP contribution in [0.25, 0.3) is 17.0 Å². The van der Waals surface area contributed by atoms with Gasteiger partial charge < -0.3 is 10.3 Å². The van der Waals surface area contributed by atoms with Crippen molar-refractivity contribution in [3.8, 4) is 0 Å². The Kier molecular flexibility index (Phi) is 4.48. The predicted molar refractivity (Wildman–Crippen MR) is 106 cm³/mol. The molecule has 1 aromatic heterocycles. The van der Waals surface area contributed by atoms with Crippen molar-refractivity contribution in [2.75, 3.05) is 6.54 Å². The van der Waals surface area contributed by atoms with Crippen molar-refractivity contribution < 1.29 is 4.79 Å². The SMILES string of the molecule is CCCCNC(=O)N1C=Cc2ccccc2C1c1c[nH]c2ccccc12. The van der Waals surface area contributed by atoms with Crippen molar-refractivity contribution in [3.63, 3.8) is 0 Å². The Morgan fingerprint density at radius 3 is 2.81 bits per heavy atom. The lowest BCUT2D eigenvalue weighted by Gasteiger charge is -2.33. The summed E-state index contributed by atoms with van der Waals surface area (Å²) in [4.78, 5) is 18.0. The zero-order valence-electron chi connectivity index (χ0n) is 14.9. The molecule has 0 fully saturated rings. The zero-order chi connectivity index (χ0) is 17.9. The van der Waals surface area contributed by atoms with Crippen LogP contribution < -0.4 is 5.32 Å². The maximum absolute atomic E-state index is 12.9. The van der Waals surface area contributed by atoms with E-state index in [2.05, 4.69) is 41.5 Å². The maximum atomic E-state index is 12.9. The van der Waals surface area contributed by atoms with Crippen molar-refractivity contribution in [1.82, 2.24) is 15.2 Å². The molecule has 0 spiro atoms. The number of urea groups is 1. The highest BCUT2D eigenvalue weighted by molar-refractivity contribution is 5.86. The first-order valence-electron chi connectivity index (χ1n) is 9.19. The molecule has 1 unspecified atom stereocenters. The molecule has 0 aliphatic carbocycles. The average Bonchev–Trinajstić information content (AvgIpc) is 3.11. The van der Waals surface area contributed by atoms with Crippen molar-refractivity contribution in [1.29, 1.82) is 0 Å². The Morgan fingerprint density at radius 2 is 1.92 bits per heavy atom. The third-order valence-electron chi connectivity index (χ3n) is 4.94. The normalized spacial score (nSPS) is 15.9. The second-order valence-electron chi connectivity index (χ2n) is 6.63. The number of unbranched alkanes of at least 4 members (excludes halogenated alkanes) is 1. The molecule has 2 aromatic carbocycles. The lowest BCUT2D eigenvalue weighted by atomic mass is 9.91. The van der Waals surface area contributed by atoms with Gasteiger partial charge >= 0.3 is 6.03 Å². The van der Waals surface area contributed by atoms with E-state index in [0.717, 1.165) is 40.4 Å². The van der Waals surface area contributed by atoms with Gasteiger partial charge in [-0.25, -0.2) is 4.79 Å². The first-order valence-corrected chi connectivity index (χ1v) is 9.19. The molecule has 1 aliphatic heterocycles. The molecule has 0 radical (unpaired) electrons. The molecule has 2 N–H and O–H groups in total. The molecule has 0 saturated carbocycles. The second-order valence-corrected chi connectivity index (χ2v) is 6.63. The Labute approximate surface area is 153 Å². The highest BCUT2D eigenvalue weighted by Gasteiger charge is 2.30. The van der Waals surface area contributed by atoms with Gasteiger partial charge in [-0.2, -0.15) is 0 Å². The number of hydrogen-bond acceptors (Lipinski definition) is 1. The van der Waals surface area contributed by atoms with Gasteiger partial charge in [-0.1, -0.05) is 55.8 Å². The first kappa shape index (κ1) is 16.5. The molecule has 4 nitrogen and oxygen atoms in total. The molecular formula is C22H23N3O. The van der Waals surface area contributed by atoms with E-state index in [-0.39, 0.29) is 12.1 Å². The van der Waals surface area contributed by atoms with Gasteiger partial charge in [0.1, 0.15) is 0 Å². The van der Waals surface area contributed by atoms with Gasteiger partial charge in [0.05, 0.1) is 6.04 Å². The van der Waals surface area contributed by atoms with Crippen LogP contribution in [0, 0.1) is 0 Å². The number of para-hydroxylation sites is 1. The highest BCUT2D eigenvalue weighted by Crippen LogP contribution is 2.38. The van der Waals surface area contributed by atoms with E-state index in [1.165, 1.54) is 0 Å². The number of aromatic nitrogens is 1. The minimum absolute atomic E-state index is 0.0560. The lowest BCUT2D eigenvalue weighted by Crippen LogP contribution is -2.40. The topological polar surface area (TPSA) is 48.1 Å². The molecule has 1 aliphatic rings. The van der Waals surface area contributed by atoms with E-state index < -0.39 is 0 Å². The van der Waals surface area contributed by atoms with Gasteiger partial charge in [0.25, 0.3) is 0 Å². The number of nitrogens with one attached hydrogen (secondary N) is 2. The summed E-state index contributed by atoms with van der Waals surface area (Å²) in [6.45, 7) is 2.82. The number of H-pyrrole nitrogens is 1. The van der Waals surface area contributed by atoms with E-state index in [9.17, 15) is 4.79 Å². The first-order chi connectivity index (χ1) is 12.8. The van der Waals surface area contributed by atoms with Crippen LogP contribution in [-0.2, 0) is 0 Å². The standard InChI is InChI=1S/C22H23N3O/c1-2-3-13-23-22(26)25-14-12-16-8-4-5-9-17(16)21(25)19-15-24-20-11-7-6-10-18(19)20/h4-12,14-15,21,24H,2-3,13H2,1H3,(H,23,26). The molecule has 2 heterocycles. The van der Waals surface area contributed by atoms with Crippen LogP contribution in [0.5, 0.6) is 0 Å². The molecule has 1 atom stereocenters. The van der Waals surface area contributed by atoms with Gasteiger partial charge in [0.2, 0.25) is 0 Å². The number of carbonyl (C=O) groups is 1. The Hall–Kier alpha value is -3.01. The summed E-state index contributed by atoms with van der Waals surface area (Å²) in [5, 5.41) is 4.20. The van der Waals surface area contributed by atoms with Crippen LogP contribution in [0.1, 0.15) is 42.5 Å². The number of aromatic amines is 1. The van der Waals surface area contributed by atoms with Crippen LogP contribution >= 0.6 is 0 Å². The third kappa shape index (κ3) is 2.88. The molecule has 3 aromatic rings. The fourth-order valence-corrected chi connectivity index (χ4v) is 3.59. The zero-order valence-corrected chi connectivity index (χ0v) is 14.9. The van der Waals surface area contributed by atoms with Crippen molar-refractivity contribution >= 4 is 23.0 Å². The molecule has 0 bridgehead atoms. The van der Waals surface area contributed by atoms with Crippen molar-refractivity contribution in [2.45, 2.75) is 25.8 Å². The summed E-state index contributed by atoms with van der Waals surface area (Å²) in [5.41, 5.74) is 4.50. The van der Waals surface area contributed by atoms with Crippen molar-refractivity contribution in [2.24, 2.45) is 0 Å². The van der Waals surface area contributed by atoms with Crippen LogP contribution in [-0.4, -0.2) is 22.5 Å². The lowest BCUT2D eigenvalue weighted by molar-refractivity contribution is 0.206. The number of rotatable bonds is 4. The number of nitrogens with zero attached hydrogens (tertiary/aromatic N) is 1. The number of carbonyl (C=O) groups excluding carboxylic acids is 1. The van der Waals surface area contributed by atoms with Crippen LogP contribution in [0.15, 0.2) is 60.9 Å². The smallest absolute Gasteiger partial charge is 0.322 e. The van der Waals surface area contributed by atoms with Crippen LogP contribution in [0.4, 0.5) is 4.79 Å². The minimum Gasteiger partial charge on any atom is -0.361 e. The summed E-state index contributed by atoms with van der Waals surface area (Å²) in [6, 6.07) is 16.3. The molecule has 132 valence electrons. The van der Waals surface area contributed by atoms with Crippen LogP contribution in [0.2, 0.25) is 0 Å². The monoisotopic (exact) mass is 345 g/mol. The van der Waals surface area contributed by atoms with E-state index >= 15 is 0 Å². The molecule has 4 rings (SSSR count). The Morgan fingerprint density at radius 1 is 1.12 bits per heavy atom. The van der Waals surface area contributed by atoms with Gasteiger partial charge in [0, 0.05) is 35.4 Å². The highest BCUT2D eigenvalue weighted by atomic mass is 16.2. The number of amides is 2. The largest absolute Gasteiger partial charge is 0.361 e. The quantitative estimate of drug-likeness (QED) is 0.638. The Balaban J connectivity index is 1.78. The van der Waals surface area contributed by atoms with Gasteiger partial charge in [-0.3, -0.25) is 4.90 Å². The molecule has 0 saturated heterocycles. The number of benzene rings is 2. The fourth-order valence-electron chi connectivity index (χ4n) is 3.59. The van der Waals surface area contributed by atoms with E-state index in [1.54, 1.807) is 0 Å². The van der Waals surface area contributed by atoms with Crippen molar-refractivity contribution in [3.05, 3.63) is 77.6 Å². The van der Waals surface area contributed by atoms with Gasteiger partial charge in [0.15, 0.2) is 0 Å². The molecule has 2 amide bonds. The number of fused-ring (bicyclic) bond motifs is 2. The van der Waals surface area contributed by atoms with Crippen LogP contribution in [0.3, 0.4) is 0 Å². The fraction of sp³-hybridized carbons (Fsp3) is 0.227. The summed E-state index contributed by atoms with van der Waals surface area (Å²) in [6.07, 6.45) is 7.98. The summed E-state index contributed by atoms with van der Waals surface area (Å²) >= 11 is 0. The van der Waals surface area contributed by atoms with E-state index in [1.807, 2.05) is 47.6 Å². The average molecular weight is 345 g/mol. The molecule has 4 heteroatoms. The summed E-state index contributed by atoms with van der Waals surface area (Å²) < 4.78 is 0. The molecular weight excluding hydrogens is 322 g/mol. The summed E-state index contributed by atoms with van der Waals surface area (Å²) in [7, 11) is 0.